The molecule has 1 rings (SSSR count). The molecule has 0 heterocycles. The third-order valence-electron chi connectivity index (χ3n) is 1.99. The molecule has 0 spiro atoms. The summed E-state index contributed by atoms with van der Waals surface area (Å²) in [6.45, 7) is 1.03. The minimum absolute atomic E-state index is 0.315. The van der Waals surface area contributed by atoms with E-state index >= 15 is 0 Å². The Balaban J connectivity index is 3.19. The number of benzene rings is 1. The predicted octanol–water partition coefficient (Wildman–Crippen LogP) is 1.97. The maximum absolute atomic E-state index is 13.1. The third kappa shape index (κ3) is 1.82. The molecule has 0 aromatic heterocycles. The van der Waals surface area contributed by atoms with E-state index in [4.69, 9.17) is 10.8 Å². The number of alkyl halides is 2. The first-order valence-corrected chi connectivity index (χ1v) is 3.91. The van der Waals surface area contributed by atoms with Crippen molar-refractivity contribution in [1.82, 2.24) is 0 Å². The molecule has 14 heavy (non-hydrogen) atoms. The zero-order valence-electron chi connectivity index (χ0n) is 7.47. The number of hydrogen-bond acceptors (Lipinski definition) is 2. The average Bonchev–Trinajstić information content (AvgIpc) is 2.02. The highest BCUT2D eigenvalue weighted by atomic mass is 19.3. The topological polar surface area (TPSA) is 46.2 Å². The normalized spacial score (nSPS) is 15.6. The molecule has 0 radical (unpaired) electrons. The number of aromatic hydroxyl groups is 1. The SMILES string of the molecule is CC(N)(c1ccc(O)cc1F)C(F)F. The van der Waals surface area contributed by atoms with Crippen LogP contribution in [0.5, 0.6) is 5.75 Å². The summed E-state index contributed by atoms with van der Waals surface area (Å²) in [4.78, 5) is 0. The van der Waals surface area contributed by atoms with Gasteiger partial charge in [-0.3, -0.25) is 0 Å². The Kier molecular flexibility index (Phi) is 2.71. The van der Waals surface area contributed by atoms with Gasteiger partial charge in [0.1, 0.15) is 17.1 Å². The molecule has 0 saturated carbocycles. The Morgan fingerprint density at radius 2 is 2.00 bits per heavy atom. The molecule has 1 unspecified atom stereocenters. The van der Waals surface area contributed by atoms with Crippen LogP contribution in [0.2, 0.25) is 0 Å². The molecular formula is C9H10F3NO. The Hall–Kier alpha value is -1.23. The highest BCUT2D eigenvalue weighted by molar-refractivity contribution is 5.32. The zero-order valence-corrected chi connectivity index (χ0v) is 7.47. The van der Waals surface area contributed by atoms with Gasteiger partial charge in [0, 0.05) is 11.6 Å². The van der Waals surface area contributed by atoms with Crippen LogP contribution >= 0.6 is 0 Å². The van der Waals surface area contributed by atoms with Crippen molar-refractivity contribution < 1.29 is 18.3 Å². The monoisotopic (exact) mass is 205 g/mol. The molecule has 78 valence electrons. The first kappa shape index (κ1) is 10.8. The standard InChI is InChI=1S/C9H10F3NO/c1-9(13,8(11)12)6-3-2-5(14)4-7(6)10/h2-4,8,14H,13H2,1H3. The Bertz CT molecular complexity index is 339. The summed E-state index contributed by atoms with van der Waals surface area (Å²) in [6, 6.07) is 2.92. The molecule has 5 heteroatoms. The third-order valence-corrected chi connectivity index (χ3v) is 1.99. The summed E-state index contributed by atoms with van der Waals surface area (Å²) in [5, 5.41) is 8.87. The van der Waals surface area contributed by atoms with Crippen molar-refractivity contribution in [1.29, 1.82) is 0 Å². The van der Waals surface area contributed by atoms with Crippen molar-refractivity contribution >= 4 is 0 Å². The van der Waals surface area contributed by atoms with Gasteiger partial charge in [-0.05, 0) is 13.0 Å². The van der Waals surface area contributed by atoms with Crippen LogP contribution in [-0.4, -0.2) is 11.5 Å². The number of phenolic OH excluding ortho intramolecular Hbond substituents is 1. The summed E-state index contributed by atoms with van der Waals surface area (Å²) in [5.74, 6) is -1.26. The fourth-order valence-corrected chi connectivity index (χ4v) is 1.06. The van der Waals surface area contributed by atoms with E-state index in [1.54, 1.807) is 0 Å². The number of rotatable bonds is 2. The van der Waals surface area contributed by atoms with Crippen molar-refractivity contribution in [2.24, 2.45) is 5.73 Å². The van der Waals surface area contributed by atoms with Crippen LogP contribution in [0.15, 0.2) is 18.2 Å². The summed E-state index contributed by atoms with van der Waals surface area (Å²) in [7, 11) is 0. The Labute approximate surface area is 79.2 Å². The molecule has 0 saturated heterocycles. The molecule has 0 bridgehead atoms. The quantitative estimate of drug-likeness (QED) is 0.775. The number of hydrogen-bond donors (Lipinski definition) is 2. The first-order chi connectivity index (χ1) is 6.35. The molecule has 0 amide bonds. The minimum Gasteiger partial charge on any atom is -0.508 e. The zero-order chi connectivity index (χ0) is 10.9. The summed E-state index contributed by atoms with van der Waals surface area (Å²) < 4.78 is 38.0. The summed E-state index contributed by atoms with van der Waals surface area (Å²) in [6.07, 6.45) is -2.87. The molecule has 3 N–H and O–H groups in total. The van der Waals surface area contributed by atoms with E-state index in [0.717, 1.165) is 25.1 Å². The van der Waals surface area contributed by atoms with E-state index in [-0.39, 0.29) is 11.3 Å². The number of nitrogens with two attached hydrogens (primary N) is 1. The van der Waals surface area contributed by atoms with Gasteiger partial charge in [-0.1, -0.05) is 6.07 Å². The van der Waals surface area contributed by atoms with Crippen molar-refractivity contribution in [3.05, 3.63) is 29.6 Å². The first-order valence-electron chi connectivity index (χ1n) is 3.91. The van der Waals surface area contributed by atoms with Crippen LogP contribution in [0, 0.1) is 5.82 Å². The van der Waals surface area contributed by atoms with Crippen molar-refractivity contribution in [3.63, 3.8) is 0 Å². The lowest BCUT2D eigenvalue weighted by Gasteiger charge is -2.24. The van der Waals surface area contributed by atoms with Crippen molar-refractivity contribution in [3.8, 4) is 5.75 Å². The lowest BCUT2D eigenvalue weighted by Crippen LogP contribution is -2.41. The van der Waals surface area contributed by atoms with Gasteiger partial charge in [0.05, 0.1) is 0 Å². The fourth-order valence-electron chi connectivity index (χ4n) is 1.06. The second-order valence-corrected chi connectivity index (χ2v) is 3.25. The van der Waals surface area contributed by atoms with E-state index in [1.807, 2.05) is 0 Å². The average molecular weight is 205 g/mol. The largest absolute Gasteiger partial charge is 0.508 e. The minimum atomic E-state index is -2.87. The van der Waals surface area contributed by atoms with Gasteiger partial charge in [-0.25, -0.2) is 13.2 Å². The number of halogens is 3. The Morgan fingerprint density at radius 3 is 2.43 bits per heavy atom. The van der Waals surface area contributed by atoms with E-state index in [9.17, 15) is 13.2 Å². The van der Waals surface area contributed by atoms with Gasteiger partial charge in [0.25, 0.3) is 6.43 Å². The van der Waals surface area contributed by atoms with Crippen LogP contribution in [0.1, 0.15) is 12.5 Å². The van der Waals surface area contributed by atoms with E-state index in [0.29, 0.717) is 0 Å². The highest BCUT2D eigenvalue weighted by Crippen LogP contribution is 2.28. The van der Waals surface area contributed by atoms with Crippen molar-refractivity contribution in [2.45, 2.75) is 18.9 Å². The van der Waals surface area contributed by atoms with Crippen LogP contribution in [0.25, 0.3) is 0 Å². The lowest BCUT2D eigenvalue weighted by molar-refractivity contribution is 0.0604. The maximum Gasteiger partial charge on any atom is 0.260 e. The molecule has 1 aromatic carbocycles. The molecule has 1 aromatic rings. The van der Waals surface area contributed by atoms with Crippen LogP contribution < -0.4 is 5.73 Å². The van der Waals surface area contributed by atoms with Gasteiger partial charge >= 0.3 is 0 Å². The second-order valence-electron chi connectivity index (χ2n) is 3.25. The molecule has 1 atom stereocenters. The molecule has 0 aliphatic carbocycles. The van der Waals surface area contributed by atoms with Gasteiger partial charge < -0.3 is 10.8 Å². The Morgan fingerprint density at radius 1 is 1.43 bits per heavy atom. The second kappa shape index (κ2) is 3.49. The summed E-state index contributed by atoms with van der Waals surface area (Å²) in [5.41, 5.74) is 2.90. The van der Waals surface area contributed by atoms with Crippen LogP contribution in [-0.2, 0) is 5.54 Å². The van der Waals surface area contributed by atoms with Crippen LogP contribution in [0.4, 0.5) is 13.2 Å². The molecule has 2 nitrogen and oxygen atoms in total. The lowest BCUT2D eigenvalue weighted by atomic mass is 9.93. The predicted molar refractivity (Wildman–Crippen MR) is 45.6 cm³/mol. The van der Waals surface area contributed by atoms with E-state index in [1.165, 1.54) is 0 Å². The van der Waals surface area contributed by atoms with E-state index < -0.39 is 17.8 Å². The molecule has 0 fully saturated rings. The highest BCUT2D eigenvalue weighted by Gasteiger charge is 2.34. The fraction of sp³-hybridized carbons (Fsp3) is 0.333. The number of phenols is 1. The van der Waals surface area contributed by atoms with Gasteiger partial charge in [-0.2, -0.15) is 0 Å². The molecular weight excluding hydrogens is 195 g/mol. The van der Waals surface area contributed by atoms with E-state index in [2.05, 4.69) is 0 Å². The maximum atomic E-state index is 13.1. The van der Waals surface area contributed by atoms with Crippen molar-refractivity contribution in [2.75, 3.05) is 0 Å². The van der Waals surface area contributed by atoms with Gasteiger partial charge in [-0.15, -0.1) is 0 Å². The van der Waals surface area contributed by atoms with Gasteiger partial charge in [0.2, 0.25) is 0 Å². The van der Waals surface area contributed by atoms with Crippen LogP contribution in [0.3, 0.4) is 0 Å². The smallest absolute Gasteiger partial charge is 0.260 e. The summed E-state index contributed by atoms with van der Waals surface area (Å²) >= 11 is 0. The molecule has 0 aliphatic heterocycles. The molecule has 0 aliphatic rings. The van der Waals surface area contributed by atoms with Gasteiger partial charge in [0.15, 0.2) is 0 Å².